The number of hydrogen-bond acceptors (Lipinski definition) is 1. The van der Waals surface area contributed by atoms with Crippen LogP contribution in [-0.2, 0) is 5.41 Å². The van der Waals surface area contributed by atoms with Crippen molar-refractivity contribution in [3.63, 3.8) is 0 Å². The number of aliphatic imine (C=N–C) groups is 1. The lowest BCUT2D eigenvalue weighted by Crippen LogP contribution is -2.10. The van der Waals surface area contributed by atoms with Crippen LogP contribution in [0.3, 0.4) is 0 Å². The summed E-state index contributed by atoms with van der Waals surface area (Å²) in [6.07, 6.45) is 1.97. The molecule has 0 N–H and O–H groups in total. The van der Waals surface area contributed by atoms with Crippen LogP contribution < -0.4 is 0 Å². The van der Waals surface area contributed by atoms with Gasteiger partial charge in [0, 0.05) is 32.4 Å². The fourth-order valence-electron chi connectivity index (χ4n) is 3.10. The van der Waals surface area contributed by atoms with Crippen molar-refractivity contribution >= 4 is 34.5 Å². The van der Waals surface area contributed by atoms with Gasteiger partial charge in [-0.3, -0.25) is 4.99 Å². The molecule has 0 saturated carbocycles. The van der Waals surface area contributed by atoms with Crippen molar-refractivity contribution in [2.75, 3.05) is 0 Å². The zero-order valence-corrected chi connectivity index (χ0v) is 18.2. The van der Waals surface area contributed by atoms with Crippen molar-refractivity contribution in [3.8, 4) is 5.69 Å². The number of hydrogen-bond donors (Lipinski definition) is 0. The van der Waals surface area contributed by atoms with Gasteiger partial charge in [-0.15, -0.1) is 0 Å². The largest absolute Gasteiger partial charge is 0.318 e. The van der Waals surface area contributed by atoms with E-state index < -0.39 is 0 Å². The van der Waals surface area contributed by atoms with Gasteiger partial charge in [0.25, 0.3) is 0 Å². The molecule has 0 unspecified atom stereocenters. The fourth-order valence-corrected chi connectivity index (χ4v) is 3.46. The maximum absolute atomic E-state index is 4.68. The number of aryl methyl sites for hydroxylation is 1. The summed E-state index contributed by atoms with van der Waals surface area (Å²) < 4.78 is 3.52. The first-order valence-electron chi connectivity index (χ1n) is 8.85. The molecule has 0 saturated heterocycles. The molecule has 0 aliphatic carbocycles. The Morgan fingerprint density at radius 3 is 2.12 bits per heavy atom. The molecule has 0 aliphatic rings. The molecule has 0 amide bonds. The van der Waals surface area contributed by atoms with E-state index >= 15 is 0 Å². The third-order valence-corrected chi connectivity index (χ3v) is 5.36. The highest BCUT2D eigenvalue weighted by molar-refractivity contribution is 14.1. The van der Waals surface area contributed by atoms with Crippen LogP contribution in [0.15, 0.2) is 59.6 Å². The average molecular weight is 456 g/mol. The minimum absolute atomic E-state index is 0.167. The number of halogens is 1. The molecular formula is C23H25IN2. The van der Waals surface area contributed by atoms with Crippen LogP contribution in [0, 0.1) is 17.4 Å². The van der Waals surface area contributed by atoms with E-state index in [-0.39, 0.29) is 5.41 Å². The summed E-state index contributed by atoms with van der Waals surface area (Å²) in [7, 11) is 0. The Morgan fingerprint density at radius 2 is 1.54 bits per heavy atom. The SMILES string of the molecule is Cc1cc(C=Nc2ccc(C(C)(C)C)cc2)c(C)n1-c1ccc(I)cc1. The summed E-state index contributed by atoms with van der Waals surface area (Å²) in [4.78, 5) is 4.68. The van der Waals surface area contributed by atoms with Gasteiger partial charge < -0.3 is 4.57 Å². The summed E-state index contributed by atoms with van der Waals surface area (Å²) in [5, 5.41) is 0. The molecule has 0 bridgehead atoms. The molecule has 2 aromatic carbocycles. The Labute approximate surface area is 170 Å². The Balaban J connectivity index is 1.88. The predicted molar refractivity (Wildman–Crippen MR) is 120 cm³/mol. The predicted octanol–water partition coefficient (Wildman–Crippen LogP) is 6.75. The first kappa shape index (κ1) is 18.9. The molecule has 0 spiro atoms. The fraction of sp³-hybridized carbons (Fsp3) is 0.261. The highest BCUT2D eigenvalue weighted by Gasteiger charge is 2.13. The Hall–Kier alpha value is -1.88. The minimum Gasteiger partial charge on any atom is -0.318 e. The summed E-state index contributed by atoms with van der Waals surface area (Å²) in [5.41, 5.74) is 7.24. The van der Waals surface area contributed by atoms with Crippen LogP contribution >= 0.6 is 22.6 Å². The Bertz CT molecular complexity index is 924. The summed E-state index contributed by atoms with van der Waals surface area (Å²) in [5.74, 6) is 0. The topological polar surface area (TPSA) is 17.3 Å². The van der Waals surface area contributed by atoms with Crippen molar-refractivity contribution in [3.05, 3.63) is 80.7 Å². The number of rotatable bonds is 3. The number of aromatic nitrogens is 1. The molecule has 1 heterocycles. The highest BCUT2D eigenvalue weighted by Crippen LogP contribution is 2.25. The average Bonchev–Trinajstić information content (AvgIpc) is 2.87. The van der Waals surface area contributed by atoms with Crippen LogP contribution in [0.1, 0.15) is 43.3 Å². The van der Waals surface area contributed by atoms with Crippen LogP contribution in [0.2, 0.25) is 0 Å². The van der Waals surface area contributed by atoms with Crippen LogP contribution in [-0.4, -0.2) is 10.8 Å². The van der Waals surface area contributed by atoms with Gasteiger partial charge in [-0.05, 0) is 89.9 Å². The van der Waals surface area contributed by atoms with Crippen molar-refractivity contribution < 1.29 is 0 Å². The molecule has 134 valence electrons. The summed E-state index contributed by atoms with van der Waals surface area (Å²) in [6, 6.07) is 19.3. The van der Waals surface area contributed by atoms with Gasteiger partial charge in [0.15, 0.2) is 0 Å². The Morgan fingerprint density at radius 1 is 0.923 bits per heavy atom. The highest BCUT2D eigenvalue weighted by atomic mass is 127. The van der Waals surface area contributed by atoms with Gasteiger partial charge in [0.2, 0.25) is 0 Å². The van der Waals surface area contributed by atoms with Crippen molar-refractivity contribution in [1.82, 2.24) is 4.57 Å². The third-order valence-electron chi connectivity index (χ3n) is 4.64. The second-order valence-corrected chi connectivity index (χ2v) is 8.94. The minimum atomic E-state index is 0.167. The number of nitrogens with zero attached hydrogens (tertiary/aromatic N) is 2. The zero-order valence-electron chi connectivity index (χ0n) is 16.0. The van der Waals surface area contributed by atoms with E-state index in [1.54, 1.807) is 0 Å². The molecule has 0 atom stereocenters. The molecule has 0 aliphatic heterocycles. The van der Waals surface area contributed by atoms with Crippen molar-refractivity contribution in [1.29, 1.82) is 0 Å². The van der Waals surface area contributed by atoms with E-state index in [0.29, 0.717) is 0 Å². The van der Waals surface area contributed by atoms with Crippen LogP contribution in [0.5, 0.6) is 0 Å². The van der Waals surface area contributed by atoms with Crippen LogP contribution in [0.25, 0.3) is 5.69 Å². The monoisotopic (exact) mass is 456 g/mol. The van der Waals surface area contributed by atoms with E-state index in [1.165, 1.54) is 26.2 Å². The molecule has 2 nitrogen and oxygen atoms in total. The Kier molecular flexibility index (Phi) is 5.37. The number of benzene rings is 2. The zero-order chi connectivity index (χ0) is 18.9. The lowest BCUT2D eigenvalue weighted by Gasteiger charge is -2.18. The van der Waals surface area contributed by atoms with Crippen LogP contribution in [0.4, 0.5) is 5.69 Å². The second kappa shape index (κ2) is 7.39. The molecule has 26 heavy (non-hydrogen) atoms. The van der Waals surface area contributed by atoms with Gasteiger partial charge >= 0.3 is 0 Å². The van der Waals surface area contributed by atoms with E-state index in [2.05, 4.69) is 121 Å². The maximum atomic E-state index is 4.68. The molecule has 1 aromatic heterocycles. The first-order valence-corrected chi connectivity index (χ1v) is 9.93. The van der Waals surface area contributed by atoms with Gasteiger partial charge in [-0.1, -0.05) is 32.9 Å². The molecule has 0 fully saturated rings. The van der Waals surface area contributed by atoms with Crippen molar-refractivity contribution in [2.45, 2.75) is 40.0 Å². The summed E-state index contributed by atoms with van der Waals surface area (Å²) >= 11 is 2.33. The van der Waals surface area contributed by atoms with Gasteiger partial charge in [-0.2, -0.15) is 0 Å². The maximum Gasteiger partial charge on any atom is 0.0630 e. The lowest BCUT2D eigenvalue weighted by molar-refractivity contribution is 0.590. The van der Waals surface area contributed by atoms with E-state index in [4.69, 9.17) is 0 Å². The van der Waals surface area contributed by atoms with E-state index in [9.17, 15) is 0 Å². The lowest BCUT2D eigenvalue weighted by atomic mass is 9.87. The molecule has 3 heteroatoms. The van der Waals surface area contributed by atoms with Gasteiger partial charge in [0.1, 0.15) is 0 Å². The molecule has 3 rings (SSSR count). The third kappa shape index (κ3) is 4.09. The normalized spacial score (nSPS) is 12.1. The second-order valence-electron chi connectivity index (χ2n) is 7.69. The molecule has 3 aromatic rings. The van der Waals surface area contributed by atoms with Gasteiger partial charge in [0.05, 0.1) is 5.69 Å². The standard InChI is InChI=1S/C23H25IN2/c1-16-14-18(17(2)26(16)22-12-8-20(24)9-13-22)15-25-21-10-6-19(7-11-21)23(3,4)5/h6-15H,1-5H3. The first-order chi connectivity index (χ1) is 12.3. The summed E-state index contributed by atoms with van der Waals surface area (Å²) in [6.45, 7) is 11.0. The smallest absolute Gasteiger partial charge is 0.0630 e. The molecule has 0 radical (unpaired) electrons. The quantitative estimate of drug-likeness (QED) is 0.307. The van der Waals surface area contributed by atoms with E-state index in [1.807, 2.05) is 6.21 Å². The van der Waals surface area contributed by atoms with Crippen molar-refractivity contribution in [2.24, 2.45) is 4.99 Å². The molecular weight excluding hydrogens is 431 g/mol. The van der Waals surface area contributed by atoms with E-state index in [0.717, 1.165) is 11.3 Å². The van der Waals surface area contributed by atoms with Gasteiger partial charge in [-0.25, -0.2) is 0 Å².